The first-order chi connectivity index (χ1) is 13.8. The average molecular weight is 448 g/mol. The van der Waals surface area contributed by atoms with Crippen molar-refractivity contribution in [2.24, 2.45) is 0 Å². The zero-order valence-corrected chi connectivity index (χ0v) is 17.0. The van der Waals surface area contributed by atoms with Gasteiger partial charge in [0, 0.05) is 18.1 Å². The molecule has 2 aromatic carbocycles. The number of aromatic nitrogens is 3. The normalized spacial score (nSPS) is 12.0. The topological polar surface area (TPSA) is 131 Å². The van der Waals surface area contributed by atoms with Crippen molar-refractivity contribution >= 4 is 53.2 Å². The number of benzene rings is 2. The summed E-state index contributed by atoms with van der Waals surface area (Å²) < 4.78 is 55.3. The second kappa shape index (κ2) is 7.39. The highest BCUT2D eigenvalue weighted by molar-refractivity contribution is 7.94. The highest BCUT2D eigenvalue weighted by Crippen LogP contribution is 2.27. The van der Waals surface area contributed by atoms with E-state index in [1.807, 2.05) is 0 Å². The van der Waals surface area contributed by atoms with Gasteiger partial charge in [0.2, 0.25) is 10.3 Å². The monoisotopic (exact) mass is 447 g/mol. The Hall–Kier alpha value is -3.09. The Kier molecular flexibility index (Phi) is 4.90. The molecule has 148 valence electrons. The van der Waals surface area contributed by atoms with Gasteiger partial charge in [0.15, 0.2) is 0 Å². The third-order valence-corrected chi connectivity index (χ3v) is 7.85. The van der Waals surface area contributed by atoms with Gasteiger partial charge in [-0.1, -0.05) is 12.1 Å². The van der Waals surface area contributed by atoms with Crippen molar-refractivity contribution in [3.8, 4) is 0 Å². The van der Waals surface area contributed by atoms with Crippen LogP contribution in [0, 0.1) is 0 Å². The molecule has 4 aromatic rings. The fourth-order valence-corrected chi connectivity index (χ4v) is 5.64. The Labute approximate surface area is 170 Å². The number of sulfonamides is 2. The molecule has 0 fully saturated rings. The van der Waals surface area contributed by atoms with Crippen molar-refractivity contribution in [3.63, 3.8) is 0 Å². The molecule has 0 aliphatic carbocycles. The first kappa shape index (κ1) is 19.2. The molecule has 0 aliphatic heterocycles. The van der Waals surface area contributed by atoms with Crippen LogP contribution in [0.25, 0.3) is 10.2 Å². The molecule has 0 radical (unpaired) electrons. The van der Waals surface area contributed by atoms with Gasteiger partial charge in [0.05, 0.1) is 15.1 Å². The third kappa shape index (κ3) is 4.18. The lowest BCUT2D eigenvalue weighted by atomic mass is 10.3. The van der Waals surface area contributed by atoms with E-state index < -0.39 is 20.0 Å². The van der Waals surface area contributed by atoms with Gasteiger partial charge in [0.1, 0.15) is 0 Å². The van der Waals surface area contributed by atoms with Gasteiger partial charge in [-0.2, -0.15) is 8.42 Å². The number of para-hydroxylation sites is 1. The number of hydrogen-bond donors (Lipinski definition) is 2. The highest BCUT2D eigenvalue weighted by Gasteiger charge is 2.20. The van der Waals surface area contributed by atoms with Gasteiger partial charge in [-0.25, -0.2) is 28.1 Å². The molecule has 0 bridgehead atoms. The Morgan fingerprint density at radius 1 is 0.759 bits per heavy atom. The molecule has 0 saturated heterocycles. The first-order valence-corrected chi connectivity index (χ1v) is 11.9. The Morgan fingerprint density at radius 2 is 1.45 bits per heavy atom. The molecule has 0 spiro atoms. The minimum atomic E-state index is -3.91. The van der Waals surface area contributed by atoms with Crippen molar-refractivity contribution in [2.75, 3.05) is 9.44 Å². The van der Waals surface area contributed by atoms with Crippen molar-refractivity contribution < 1.29 is 16.8 Å². The van der Waals surface area contributed by atoms with Crippen molar-refractivity contribution in [2.45, 2.75) is 9.24 Å². The molecule has 0 saturated carbocycles. The first-order valence-electron chi connectivity index (χ1n) is 8.12. The van der Waals surface area contributed by atoms with Gasteiger partial charge in [-0.3, -0.25) is 4.72 Å². The van der Waals surface area contributed by atoms with E-state index in [0.717, 1.165) is 16.0 Å². The minimum Gasteiger partial charge on any atom is -0.278 e. The van der Waals surface area contributed by atoms with E-state index in [0.29, 0.717) is 5.52 Å². The highest BCUT2D eigenvalue weighted by atomic mass is 32.2. The van der Waals surface area contributed by atoms with E-state index in [4.69, 9.17) is 0 Å². The summed E-state index contributed by atoms with van der Waals surface area (Å²) in [7, 11) is -7.81. The molecule has 9 nitrogen and oxygen atoms in total. The van der Waals surface area contributed by atoms with Crippen molar-refractivity contribution in [3.05, 3.63) is 67.0 Å². The van der Waals surface area contributed by atoms with Crippen LogP contribution >= 0.6 is 11.3 Å². The van der Waals surface area contributed by atoms with Crippen LogP contribution in [0.5, 0.6) is 0 Å². The summed E-state index contributed by atoms with van der Waals surface area (Å²) >= 11 is 1.05. The van der Waals surface area contributed by atoms with E-state index in [1.54, 1.807) is 30.3 Å². The van der Waals surface area contributed by atoms with Gasteiger partial charge in [0.25, 0.3) is 20.0 Å². The fraction of sp³-hybridized carbons (Fsp3) is 0. The molecule has 0 atom stereocenters. The maximum Gasteiger partial charge on any atom is 0.289 e. The molecule has 0 amide bonds. The summed E-state index contributed by atoms with van der Waals surface area (Å²) in [4.78, 5) is 11.7. The minimum absolute atomic E-state index is 0.0619. The fourth-order valence-electron chi connectivity index (χ4n) is 2.40. The lowest BCUT2D eigenvalue weighted by molar-refractivity contribution is 0.599. The van der Waals surface area contributed by atoms with Crippen LogP contribution in [0.2, 0.25) is 0 Å². The maximum absolute atomic E-state index is 12.6. The molecule has 0 aliphatic rings. The zero-order chi connectivity index (χ0) is 20.5. The third-order valence-electron chi connectivity index (χ3n) is 3.71. The molecular formula is C17H13N5O4S3. The van der Waals surface area contributed by atoms with E-state index in [-0.39, 0.29) is 20.9 Å². The van der Waals surface area contributed by atoms with Crippen LogP contribution in [-0.4, -0.2) is 31.8 Å². The molecule has 2 aromatic heterocycles. The lowest BCUT2D eigenvalue weighted by Gasteiger charge is -2.08. The van der Waals surface area contributed by atoms with Crippen LogP contribution in [-0.2, 0) is 20.0 Å². The largest absolute Gasteiger partial charge is 0.289 e. The average Bonchev–Trinajstić information content (AvgIpc) is 3.14. The Morgan fingerprint density at radius 3 is 2.14 bits per heavy atom. The molecule has 12 heteroatoms. The van der Waals surface area contributed by atoms with Gasteiger partial charge in [-0.05, 0) is 42.5 Å². The molecular weight excluding hydrogens is 434 g/mol. The van der Waals surface area contributed by atoms with E-state index in [9.17, 15) is 16.8 Å². The molecule has 2 N–H and O–H groups in total. The lowest BCUT2D eigenvalue weighted by Crippen LogP contribution is -2.15. The predicted octanol–water partition coefficient (Wildman–Crippen LogP) is 2.69. The van der Waals surface area contributed by atoms with Crippen LogP contribution in [0.1, 0.15) is 0 Å². The number of fused-ring (bicyclic) bond motifs is 1. The summed E-state index contributed by atoms with van der Waals surface area (Å²) in [5.41, 5.74) is 0.799. The van der Waals surface area contributed by atoms with Crippen LogP contribution in [0.15, 0.2) is 76.2 Å². The maximum atomic E-state index is 12.6. The smallest absolute Gasteiger partial charge is 0.278 e. The predicted molar refractivity (Wildman–Crippen MR) is 110 cm³/mol. The van der Waals surface area contributed by atoms with E-state index in [1.165, 1.54) is 36.7 Å². The van der Waals surface area contributed by atoms with Crippen LogP contribution in [0.4, 0.5) is 11.6 Å². The summed E-state index contributed by atoms with van der Waals surface area (Å²) in [6.07, 6.45) is 2.82. The Bertz CT molecular complexity index is 1340. The molecule has 29 heavy (non-hydrogen) atoms. The van der Waals surface area contributed by atoms with Gasteiger partial charge < -0.3 is 0 Å². The van der Waals surface area contributed by atoms with Crippen LogP contribution in [0.3, 0.4) is 0 Å². The number of thiazole rings is 1. The number of rotatable bonds is 6. The van der Waals surface area contributed by atoms with E-state index >= 15 is 0 Å². The molecule has 2 heterocycles. The van der Waals surface area contributed by atoms with Crippen molar-refractivity contribution in [1.82, 2.24) is 15.0 Å². The quantitative estimate of drug-likeness (QED) is 0.464. The second-order valence-electron chi connectivity index (χ2n) is 5.76. The number of hydrogen-bond acceptors (Lipinski definition) is 8. The standard InChI is InChI=1S/C17H13N5O4S3/c23-28(24,22-16-18-10-3-11-19-16)13-8-6-12(7-9-13)21-29(25,26)17-20-14-4-1-2-5-15(14)27-17/h1-11,21H,(H,18,19,22). The molecule has 4 rings (SSSR count). The van der Waals surface area contributed by atoms with E-state index in [2.05, 4.69) is 24.4 Å². The summed E-state index contributed by atoms with van der Waals surface area (Å²) in [5, 5.41) is 0. The SMILES string of the molecule is O=S(=O)(Nc1ncccn1)c1ccc(NS(=O)(=O)c2nc3ccccc3s2)cc1. The van der Waals surface area contributed by atoms with Gasteiger partial charge in [-0.15, -0.1) is 11.3 Å². The Balaban J connectivity index is 1.54. The molecule has 0 unspecified atom stereocenters. The summed E-state index contributed by atoms with van der Waals surface area (Å²) in [6, 6.07) is 13.9. The van der Waals surface area contributed by atoms with Crippen LogP contribution < -0.4 is 9.44 Å². The van der Waals surface area contributed by atoms with Crippen molar-refractivity contribution in [1.29, 1.82) is 0 Å². The zero-order valence-electron chi connectivity index (χ0n) is 14.6. The second-order valence-corrected chi connectivity index (χ2v) is 10.3. The summed E-state index contributed by atoms with van der Waals surface area (Å²) in [5.74, 6) is -0.0619. The number of nitrogens with one attached hydrogen (secondary N) is 2. The number of nitrogens with zero attached hydrogens (tertiary/aromatic N) is 3. The summed E-state index contributed by atoms with van der Waals surface area (Å²) in [6.45, 7) is 0. The number of anilines is 2. The van der Waals surface area contributed by atoms with Gasteiger partial charge >= 0.3 is 0 Å².